The molecule has 3 heteroatoms. The lowest BCUT2D eigenvalue weighted by Crippen LogP contribution is -2.05. The van der Waals surface area contributed by atoms with Crippen molar-refractivity contribution in [1.29, 1.82) is 0 Å². The highest BCUT2D eigenvalue weighted by Gasteiger charge is 2.16. The van der Waals surface area contributed by atoms with Crippen LogP contribution in [0.4, 0.5) is 0 Å². The van der Waals surface area contributed by atoms with Crippen LogP contribution in [0.2, 0.25) is 0 Å². The third-order valence-corrected chi connectivity index (χ3v) is 3.56. The summed E-state index contributed by atoms with van der Waals surface area (Å²) in [7, 11) is 1.68. The van der Waals surface area contributed by atoms with E-state index in [1.54, 1.807) is 7.11 Å². The van der Waals surface area contributed by atoms with Crippen LogP contribution in [0.15, 0.2) is 48.5 Å². The third kappa shape index (κ3) is 2.06. The van der Waals surface area contributed by atoms with Crippen molar-refractivity contribution in [1.82, 2.24) is 4.98 Å². The lowest BCUT2D eigenvalue weighted by molar-refractivity contribution is 0.415. The molecule has 0 spiro atoms. The first-order valence-corrected chi connectivity index (χ1v) is 6.71. The molecule has 102 valence electrons. The van der Waals surface area contributed by atoms with Crippen molar-refractivity contribution >= 4 is 10.9 Å². The Morgan fingerprint density at radius 1 is 1.10 bits per heavy atom. The second-order valence-corrected chi connectivity index (χ2v) is 4.98. The van der Waals surface area contributed by atoms with Crippen LogP contribution in [0.3, 0.4) is 0 Å². The van der Waals surface area contributed by atoms with Crippen molar-refractivity contribution in [2.75, 3.05) is 7.11 Å². The minimum absolute atomic E-state index is 0.0349. The minimum atomic E-state index is -0.0349. The summed E-state index contributed by atoms with van der Waals surface area (Å²) in [5.74, 6) is 0.844. The van der Waals surface area contributed by atoms with Crippen LogP contribution >= 0.6 is 0 Å². The maximum Gasteiger partial charge on any atom is 0.119 e. The van der Waals surface area contributed by atoms with E-state index in [1.165, 1.54) is 5.39 Å². The fourth-order valence-electron chi connectivity index (χ4n) is 2.64. The Morgan fingerprint density at radius 3 is 2.65 bits per heavy atom. The SMILES string of the molecule is COc1cccc(-c2[nH]c3ccccc3c2C(C)N)c1. The lowest BCUT2D eigenvalue weighted by atomic mass is 10.0. The Hall–Kier alpha value is -2.26. The molecule has 0 aliphatic carbocycles. The van der Waals surface area contributed by atoms with Crippen LogP contribution in [0.25, 0.3) is 22.2 Å². The smallest absolute Gasteiger partial charge is 0.119 e. The predicted molar refractivity (Wildman–Crippen MR) is 82.9 cm³/mol. The van der Waals surface area contributed by atoms with Crippen molar-refractivity contribution < 1.29 is 4.74 Å². The number of nitrogens with two attached hydrogens (primary N) is 1. The summed E-state index contributed by atoms with van der Waals surface area (Å²) in [5, 5.41) is 1.18. The molecule has 0 aliphatic heterocycles. The van der Waals surface area contributed by atoms with Gasteiger partial charge in [0.15, 0.2) is 0 Å². The molecule has 3 rings (SSSR count). The molecule has 20 heavy (non-hydrogen) atoms. The van der Waals surface area contributed by atoms with Gasteiger partial charge in [-0.15, -0.1) is 0 Å². The van der Waals surface area contributed by atoms with Crippen molar-refractivity contribution in [3.05, 3.63) is 54.1 Å². The quantitative estimate of drug-likeness (QED) is 0.756. The van der Waals surface area contributed by atoms with E-state index in [2.05, 4.69) is 23.2 Å². The molecule has 1 aromatic heterocycles. The number of H-pyrrole nitrogens is 1. The number of hydrogen-bond acceptors (Lipinski definition) is 2. The van der Waals surface area contributed by atoms with Gasteiger partial charge in [-0.2, -0.15) is 0 Å². The highest BCUT2D eigenvalue weighted by molar-refractivity contribution is 5.91. The van der Waals surface area contributed by atoms with Crippen molar-refractivity contribution in [2.45, 2.75) is 13.0 Å². The van der Waals surface area contributed by atoms with E-state index >= 15 is 0 Å². The highest BCUT2D eigenvalue weighted by atomic mass is 16.5. The largest absolute Gasteiger partial charge is 0.497 e. The number of aromatic amines is 1. The van der Waals surface area contributed by atoms with Crippen LogP contribution in [0, 0.1) is 0 Å². The van der Waals surface area contributed by atoms with Crippen molar-refractivity contribution in [3.63, 3.8) is 0 Å². The maximum atomic E-state index is 6.18. The topological polar surface area (TPSA) is 51.0 Å². The van der Waals surface area contributed by atoms with Crippen LogP contribution < -0.4 is 10.5 Å². The van der Waals surface area contributed by atoms with Gasteiger partial charge in [0.1, 0.15) is 5.75 Å². The minimum Gasteiger partial charge on any atom is -0.497 e. The van der Waals surface area contributed by atoms with Gasteiger partial charge in [-0.05, 0) is 25.1 Å². The standard InChI is InChI=1S/C17H18N2O/c1-11(18)16-14-8-3-4-9-15(14)19-17(16)12-6-5-7-13(10-12)20-2/h3-11,19H,18H2,1-2H3. The van der Waals surface area contributed by atoms with Gasteiger partial charge < -0.3 is 15.5 Å². The Morgan fingerprint density at radius 2 is 1.90 bits per heavy atom. The molecule has 0 radical (unpaired) electrons. The number of benzene rings is 2. The van der Waals surface area contributed by atoms with E-state index in [-0.39, 0.29) is 6.04 Å². The molecule has 1 atom stereocenters. The highest BCUT2D eigenvalue weighted by Crippen LogP contribution is 2.34. The van der Waals surface area contributed by atoms with Crippen LogP contribution in [0.1, 0.15) is 18.5 Å². The predicted octanol–water partition coefficient (Wildman–Crippen LogP) is 3.86. The zero-order valence-electron chi connectivity index (χ0n) is 11.7. The van der Waals surface area contributed by atoms with Gasteiger partial charge >= 0.3 is 0 Å². The van der Waals surface area contributed by atoms with Crippen LogP contribution in [-0.4, -0.2) is 12.1 Å². The summed E-state index contributed by atoms with van der Waals surface area (Å²) in [6.45, 7) is 2.01. The molecule has 3 N–H and O–H groups in total. The third-order valence-electron chi connectivity index (χ3n) is 3.56. The summed E-state index contributed by atoms with van der Waals surface area (Å²) in [6.07, 6.45) is 0. The van der Waals surface area contributed by atoms with E-state index in [9.17, 15) is 0 Å². The van der Waals surface area contributed by atoms with E-state index in [4.69, 9.17) is 10.5 Å². The fourth-order valence-corrected chi connectivity index (χ4v) is 2.64. The fraction of sp³-hybridized carbons (Fsp3) is 0.176. The first kappa shape index (κ1) is 12.8. The summed E-state index contributed by atoms with van der Waals surface area (Å²) in [6, 6.07) is 16.2. The Balaban J connectivity index is 2.26. The van der Waals surface area contributed by atoms with Gasteiger partial charge in [0.05, 0.1) is 12.8 Å². The average Bonchev–Trinajstić information content (AvgIpc) is 2.87. The number of para-hydroxylation sites is 1. The number of rotatable bonds is 3. The first-order valence-electron chi connectivity index (χ1n) is 6.71. The maximum absolute atomic E-state index is 6.18. The van der Waals surface area contributed by atoms with E-state index < -0.39 is 0 Å². The molecule has 1 heterocycles. The van der Waals surface area contributed by atoms with E-state index in [0.29, 0.717) is 0 Å². The van der Waals surface area contributed by atoms with Crippen molar-refractivity contribution in [2.24, 2.45) is 5.73 Å². The van der Waals surface area contributed by atoms with Crippen LogP contribution in [-0.2, 0) is 0 Å². The summed E-state index contributed by atoms with van der Waals surface area (Å²) in [5.41, 5.74) is 10.6. The molecule has 3 nitrogen and oxygen atoms in total. The van der Waals surface area contributed by atoms with Gasteiger partial charge in [0.25, 0.3) is 0 Å². The van der Waals surface area contributed by atoms with Gasteiger partial charge in [0.2, 0.25) is 0 Å². The lowest BCUT2D eigenvalue weighted by Gasteiger charge is -2.09. The summed E-state index contributed by atoms with van der Waals surface area (Å²) < 4.78 is 5.31. The van der Waals surface area contributed by atoms with Gasteiger partial charge in [-0.25, -0.2) is 0 Å². The Kier molecular flexibility index (Phi) is 3.20. The van der Waals surface area contributed by atoms with Crippen molar-refractivity contribution in [3.8, 4) is 17.0 Å². The number of ether oxygens (including phenoxy) is 1. The number of methoxy groups -OCH3 is 1. The normalized spacial score (nSPS) is 12.6. The Bertz CT molecular complexity index is 744. The van der Waals surface area contributed by atoms with E-state index in [1.807, 2.05) is 37.3 Å². The summed E-state index contributed by atoms with van der Waals surface area (Å²) >= 11 is 0. The molecule has 0 bridgehead atoms. The monoisotopic (exact) mass is 266 g/mol. The molecule has 3 aromatic rings. The molecule has 2 aromatic carbocycles. The van der Waals surface area contributed by atoms with Crippen LogP contribution in [0.5, 0.6) is 5.75 Å². The van der Waals surface area contributed by atoms with Gasteiger partial charge in [0, 0.05) is 28.1 Å². The number of nitrogens with one attached hydrogen (secondary N) is 1. The zero-order valence-corrected chi connectivity index (χ0v) is 11.7. The van der Waals surface area contributed by atoms with Gasteiger partial charge in [-0.1, -0.05) is 30.3 Å². The van der Waals surface area contributed by atoms with E-state index in [0.717, 1.165) is 28.1 Å². The number of fused-ring (bicyclic) bond motifs is 1. The number of hydrogen-bond donors (Lipinski definition) is 2. The zero-order chi connectivity index (χ0) is 14.1. The number of aromatic nitrogens is 1. The molecule has 1 unspecified atom stereocenters. The summed E-state index contributed by atoms with van der Waals surface area (Å²) in [4.78, 5) is 3.48. The average molecular weight is 266 g/mol. The Labute approximate surface area is 118 Å². The van der Waals surface area contributed by atoms with Gasteiger partial charge in [-0.3, -0.25) is 0 Å². The second-order valence-electron chi connectivity index (χ2n) is 4.98. The molecular weight excluding hydrogens is 248 g/mol. The second kappa shape index (κ2) is 5.02. The molecular formula is C17H18N2O. The molecule has 0 fully saturated rings. The molecule has 0 saturated heterocycles. The molecule has 0 amide bonds. The molecule has 0 aliphatic rings. The molecule has 0 saturated carbocycles. The first-order chi connectivity index (χ1) is 9.70.